The number of aromatic hydroxyl groups is 1. The van der Waals surface area contributed by atoms with E-state index in [0.717, 1.165) is 5.56 Å². The van der Waals surface area contributed by atoms with E-state index in [4.69, 9.17) is 10.2 Å². The van der Waals surface area contributed by atoms with Crippen LogP contribution in [0, 0.1) is 0 Å². The van der Waals surface area contributed by atoms with Gasteiger partial charge in [0, 0.05) is 0 Å². The van der Waals surface area contributed by atoms with Crippen molar-refractivity contribution in [3.63, 3.8) is 0 Å². The van der Waals surface area contributed by atoms with Gasteiger partial charge >= 0.3 is 0 Å². The molecule has 0 spiro atoms. The number of halogens is 2. The van der Waals surface area contributed by atoms with Gasteiger partial charge in [0.2, 0.25) is 0 Å². The highest BCUT2D eigenvalue weighted by molar-refractivity contribution is 5.25. The molecule has 1 aromatic carbocycles. The minimum Gasteiger partial charge on any atom is -0.508 e. The number of benzene rings is 1. The molecule has 0 saturated heterocycles. The van der Waals surface area contributed by atoms with E-state index in [1.165, 1.54) is 12.1 Å². The molecule has 0 saturated carbocycles. The average molecular weight is 202 g/mol. The van der Waals surface area contributed by atoms with E-state index < -0.39 is 12.5 Å². The summed E-state index contributed by atoms with van der Waals surface area (Å²) in [7, 11) is 0. The topological polar surface area (TPSA) is 40.5 Å². The zero-order valence-electron chi connectivity index (χ0n) is 7.53. The van der Waals surface area contributed by atoms with Crippen LogP contribution in [0.4, 0.5) is 8.78 Å². The number of hydrogen-bond donors (Lipinski definition) is 2. The lowest BCUT2D eigenvalue weighted by Gasteiger charge is -2.08. The molecule has 4 heteroatoms. The molecule has 0 aliphatic rings. The fourth-order valence-electron chi connectivity index (χ4n) is 1.10. The number of rotatable bonds is 4. The minimum absolute atomic E-state index is 0.0302. The molecule has 0 heterocycles. The molecule has 0 aromatic heterocycles. The van der Waals surface area contributed by atoms with Crippen molar-refractivity contribution in [1.29, 1.82) is 0 Å². The van der Waals surface area contributed by atoms with E-state index in [2.05, 4.69) is 0 Å². The number of hydrogen-bond acceptors (Lipinski definition) is 2. The van der Waals surface area contributed by atoms with E-state index in [-0.39, 0.29) is 12.2 Å². The Balaban J connectivity index is 2.42. The van der Waals surface area contributed by atoms with Crippen LogP contribution < -0.4 is 0 Å². The number of aliphatic hydroxyl groups is 1. The van der Waals surface area contributed by atoms with Gasteiger partial charge in [0.1, 0.15) is 11.9 Å². The van der Waals surface area contributed by atoms with Crippen LogP contribution in [-0.2, 0) is 6.42 Å². The summed E-state index contributed by atoms with van der Waals surface area (Å²) < 4.78 is 23.8. The summed E-state index contributed by atoms with van der Waals surface area (Å²) in [5.74, 6) is 0.142. The molecule has 14 heavy (non-hydrogen) atoms. The summed E-state index contributed by atoms with van der Waals surface area (Å²) in [4.78, 5) is 0. The van der Waals surface area contributed by atoms with Gasteiger partial charge in [0.05, 0.1) is 0 Å². The summed E-state index contributed by atoms with van der Waals surface area (Å²) in [6, 6.07) is 6.27. The molecule has 2 N–H and O–H groups in total. The summed E-state index contributed by atoms with van der Waals surface area (Å²) in [6.07, 6.45) is -3.84. The molecule has 0 amide bonds. The van der Waals surface area contributed by atoms with Crippen molar-refractivity contribution in [2.24, 2.45) is 0 Å². The fourth-order valence-corrected chi connectivity index (χ4v) is 1.10. The third kappa shape index (κ3) is 3.30. The molecule has 1 aromatic rings. The first-order valence-electron chi connectivity index (χ1n) is 4.33. The van der Waals surface area contributed by atoms with Gasteiger partial charge in [-0.2, -0.15) is 0 Å². The van der Waals surface area contributed by atoms with Crippen LogP contribution >= 0.6 is 0 Å². The maximum atomic E-state index is 11.9. The highest BCUT2D eigenvalue weighted by atomic mass is 19.3. The maximum Gasteiger partial charge on any atom is 0.264 e. The Kier molecular flexibility index (Phi) is 3.83. The molecule has 1 unspecified atom stereocenters. The Labute approximate surface area is 80.8 Å². The van der Waals surface area contributed by atoms with Crippen molar-refractivity contribution in [3.8, 4) is 5.75 Å². The highest BCUT2D eigenvalue weighted by Crippen LogP contribution is 2.13. The number of aryl methyl sites for hydroxylation is 1. The Hall–Kier alpha value is -1.16. The van der Waals surface area contributed by atoms with Crippen LogP contribution in [0.3, 0.4) is 0 Å². The molecule has 0 fully saturated rings. The van der Waals surface area contributed by atoms with Crippen LogP contribution in [-0.4, -0.2) is 22.7 Å². The molecule has 2 nitrogen and oxygen atoms in total. The molecular weight excluding hydrogens is 190 g/mol. The molecule has 78 valence electrons. The third-order valence-electron chi connectivity index (χ3n) is 1.96. The first-order valence-corrected chi connectivity index (χ1v) is 4.33. The molecule has 1 atom stereocenters. The second-order valence-corrected chi connectivity index (χ2v) is 3.11. The fraction of sp³-hybridized carbons (Fsp3) is 0.400. The Morgan fingerprint density at radius 3 is 2.21 bits per heavy atom. The monoisotopic (exact) mass is 202 g/mol. The van der Waals surface area contributed by atoms with Gasteiger partial charge in [-0.3, -0.25) is 0 Å². The van der Waals surface area contributed by atoms with Crippen molar-refractivity contribution >= 4 is 0 Å². The lowest BCUT2D eigenvalue weighted by Crippen LogP contribution is -2.17. The van der Waals surface area contributed by atoms with E-state index in [9.17, 15) is 8.78 Å². The maximum absolute atomic E-state index is 11.9. The van der Waals surface area contributed by atoms with Gasteiger partial charge in [0.25, 0.3) is 6.43 Å². The molecule has 0 aliphatic carbocycles. The molecule has 1 rings (SSSR count). The lowest BCUT2D eigenvalue weighted by atomic mass is 10.1. The summed E-state index contributed by atoms with van der Waals surface area (Å²) in [6.45, 7) is 0. The first kappa shape index (κ1) is 10.9. The van der Waals surface area contributed by atoms with Crippen LogP contribution in [0.5, 0.6) is 5.75 Å². The van der Waals surface area contributed by atoms with Crippen molar-refractivity contribution in [1.82, 2.24) is 0 Å². The van der Waals surface area contributed by atoms with Crippen molar-refractivity contribution in [2.75, 3.05) is 0 Å². The van der Waals surface area contributed by atoms with Gasteiger partial charge in [-0.05, 0) is 30.5 Å². The lowest BCUT2D eigenvalue weighted by molar-refractivity contribution is -0.00849. The predicted molar refractivity (Wildman–Crippen MR) is 48.4 cm³/mol. The van der Waals surface area contributed by atoms with Gasteiger partial charge in [-0.25, -0.2) is 8.78 Å². The number of aliphatic hydroxyl groups excluding tert-OH is 1. The Morgan fingerprint density at radius 1 is 1.14 bits per heavy atom. The van der Waals surface area contributed by atoms with Crippen LogP contribution in [0.1, 0.15) is 12.0 Å². The van der Waals surface area contributed by atoms with Gasteiger partial charge in [-0.15, -0.1) is 0 Å². The second-order valence-electron chi connectivity index (χ2n) is 3.11. The second kappa shape index (κ2) is 4.91. The molecule has 0 radical (unpaired) electrons. The van der Waals surface area contributed by atoms with E-state index >= 15 is 0 Å². The standard InChI is InChI=1S/C10H12F2O2/c11-10(12)9(14)6-3-7-1-4-8(13)5-2-7/h1-2,4-5,9-10,13-14H,3,6H2. The quantitative estimate of drug-likeness (QED) is 0.783. The smallest absolute Gasteiger partial charge is 0.264 e. The molecular formula is C10H12F2O2. The zero-order valence-corrected chi connectivity index (χ0v) is 7.53. The number of alkyl halides is 2. The summed E-state index contributed by atoms with van der Waals surface area (Å²) in [5.41, 5.74) is 0.822. The number of phenols is 1. The van der Waals surface area contributed by atoms with Gasteiger partial charge in [0.15, 0.2) is 0 Å². The van der Waals surface area contributed by atoms with Gasteiger partial charge in [-0.1, -0.05) is 12.1 Å². The predicted octanol–water partition coefficient (Wildman–Crippen LogP) is 1.95. The Bertz CT molecular complexity index is 272. The van der Waals surface area contributed by atoms with Crippen molar-refractivity contribution in [2.45, 2.75) is 25.4 Å². The van der Waals surface area contributed by atoms with Crippen LogP contribution in [0.25, 0.3) is 0 Å². The number of phenolic OH excluding ortho intramolecular Hbond substituents is 1. The minimum atomic E-state index is -2.69. The summed E-state index contributed by atoms with van der Waals surface area (Å²) in [5, 5.41) is 17.8. The van der Waals surface area contributed by atoms with E-state index in [1.807, 2.05) is 0 Å². The Morgan fingerprint density at radius 2 is 1.71 bits per heavy atom. The SMILES string of the molecule is Oc1ccc(CCC(O)C(F)F)cc1. The normalized spacial score (nSPS) is 13.1. The highest BCUT2D eigenvalue weighted by Gasteiger charge is 2.15. The van der Waals surface area contributed by atoms with Crippen LogP contribution in [0.2, 0.25) is 0 Å². The van der Waals surface area contributed by atoms with Crippen molar-refractivity contribution in [3.05, 3.63) is 29.8 Å². The van der Waals surface area contributed by atoms with Crippen LogP contribution in [0.15, 0.2) is 24.3 Å². The molecule has 0 aliphatic heterocycles. The zero-order chi connectivity index (χ0) is 10.6. The van der Waals surface area contributed by atoms with Gasteiger partial charge < -0.3 is 10.2 Å². The van der Waals surface area contributed by atoms with Crippen molar-refractivity contribution < 1.29 is 19.0 Å². The largest absolute Gasteiger partial charge is 0.508 e. The first-order chi connectivity index (χ1) is 6.59. The summed E-state index contributed by atoms with van der Waals surface area (Å²) >= 11 is 0. The van der Waals surface area contributed by atoms with E-state index in [0.29, 0.717) is 6.42 Å². The molecule has 0 bridgehead atoms. The third-order valence-corrected chi connectivity index (χ3v) is 1.96. The van der Waals surface area contributed by atoms with E-state index in [1.54, 1.807) is 12.1 Å². The average Bonchev–Trinajstić information content (AvgIpc) is 2.16.